The highest BCUT2D eigenvalue weighted by molar-refractivity contribution is 5.74. The molecule has 0 unspecified atom stereocenters. The maximum absolute atomic E-state index is 7.51. The van der Waals surface area contributed by atoms with Gasteiger partial charge in [0.25, 0.3) is 0 Å². The van der Waals surface area contributed by atoms with Crippen LogP contribution in [0, 0.1) is 11.3 Å². The average molecular weight is 70.1 g/mol. The highest BCUT2D eigenvalue weighted by Gasteiger charge is 1.48. The van der Waals surface area contributed by atoms with Crippen molar-refractivity contribution < 1.29 is 5.21 Å². The SMILES string of the molecule is N#CC=NO. The maximum Gasteiger partial charge on any atom is 0.143 e. The summed E-state index contributed by atoms with van der Waals surface area (Å²) in [5, 5.41) is 17.3. The fourth-order valence-corrected chi connectivity index (χ4v) is 0.0258. The van der Waals surface area contributed by atoms with Gasteiger partial charge in [-0.3, -0.25) is 0 Å². The van der Waals surface area contributed by atoms with Crippen molar-refractivity contribution in [3.05, 3.63) is 0 Å². The van der Waals surface area contributed by atoms with E-state index in [2.05, 4.69) is 5.16 Å². The number of nitriles is 1. The van der Waals surface area contributed by atoms with E-state index >= 15 is 0 Å². The van der Waals surface area contributed by atoms with E-state index in [1.807, 2.05) is 0 Å². The number of oxime groups is 1. The summed E-state index contributed by atoms with van der Waals surface area (Å²) in [5.41, 5.74) is 0. The van der Waals surface area contributed by atoms with Crippen LogP contribution in [0.25, 0.3) is 0 Å². The zero-order chi connectivity index (χ0) is 4.12. The van der Waals surface area contributed by atoms with Crippen LogP contribution in [-0.2, 0) is 0 Å². The minimum absolute atomic E-state index is 0.736. The predicted molar refractivity (Wildman–Crippen MR) is 15.9 cm³/mol. The summed E-state index contributed by atoms with van der Waals surface area (Å²) in [6, 6.07) is 1.48. The molecule has 0 fully saturated rings. The smallest absolute Gasteiger partial charge is 0.143 e. The van der Waals surface area contributed by atoms with E-state index in [1.54, 1.807) is 0 Å². The Morgan fingerprint density at radius 2 is 2.60 bits per heavy atom. The molecule has 0 saturated carbocycles. The molecule has 26 valence electrons. The minimum Gasteiger partial charge on any atom is -0.410 e. The summed E-state index contributed by atoms with van der Waals surface area (Å²) in [6.45, 7) is 0. The van der Waals surface area contributed by atoms with E-state index in [4.69, 9.17) is 10.5 Å². The van der Waals surface area contributed by atoms with Gasteiger partial charge >= 0.3 is 0 Å². The molecule has 1 N–H and O–H groups in total. The zero-order valence-corrected chi connectivity index (χ0v) is 2.42. The molecule has 0 rings (SSSR count). The predicted octanol–water partition coefficient (Wildman–Crippen LogP) is -0.0300. The molecule has 0 aromatic heterocycles. The molecule has 5 heavy (non-hydrogen) atoms. The first-order valence-electron chi connectivity index (χ1n) is 0.970. The highest BCUT2D eigenvalue weighted by Crippen LogP contribution is 1.40. The number of hydrogen-bond acceptors (Lipinski definition) is 3. The molecule has 0 saturated heterocycles. The quantitative estimate of drug-likeness (QED) is 0.247. The van der Waals surface area contributed by atoms with Crippen molar-refractivity contribution in [2.75, 3.05) is 0 Å². The van der Waals surface area contributed by atoms with Crippen molar-refractivity contribution in [3.8, 4) is 6.07 Å². The molecule has 3 nitrogen and oxygen atoms in total. The van der Waals surface area contributed by atoms with Gasteiger partial charge in [0.1, 0.15) is 12.3 Å². The molecule has 0 amide bonds. The standard InChI is InChI=1S/C2H2N2O/c3-1-2-4-5/h2,5H. The second kappa shape index (κ2) is 2.96. The maximum atomic E-state index is 7.51. The topological polar surface area (TPSA) is 56.4 Å². The van der Waals surface area contributed by atoms with Crippen molar-refractivity contribution >= 4 is 6.21 Å². The van der Waals surface area contributed by atoms with Crippen LogP contribution in [-0.4, -0.2) is 11.4 Å². The van der Waals surface area contributed by atoms with Crippen LogP contribution < -0.4 is 0 Å². The van der Waals surface area contributed by atoms with Gasteiger partial charge in [-0.1, -0.05) is 5.16 Å². The van der Waals surface area contributed by atoms with E-state index in [-0.39, 0.29) is 0 Å². The second-order valence-electron chi connectivity index (χ2n) is 0.374. The van der Waals surface area contributed by atoms with Crippen molar-refractivity contribution in [1.29, 1.82) is 5.26 Å². The Kier molecular flexibility index (Phi) is 2.34. The van der Waals surface area contributed by atoms with Crippen LogP contribution in [0.2, 0.25) is 0 Å². The number of rotatable bonds is 0. The fourth-order valence-electron chi connectivity index (χ4n) is 0.0258. The average Bonchev–Trinajstić information content (AvgIpc) is 1.41. The Labute approximate surface area is 29.1 Å². The molecule has 0 bridgehead atoms. The summed E-state index contributed by atoms with van der Waals surface area (Å²) in [7, 11) is 0. The minimum atomic E-state index is 0.736. The second-order valence-corrected chi connectivity index (χ2v) is 0.374. The van der Waals surface area contributed by atoms with Crippen LogP contribution in [0.3, 0.4) is 0 Å². The lowest BCUT2D eigenvalue weighted by molar-refractivity contribution is 0.322. The van der Waals surface area contributed by atoms with E-state index in [0.29, 0.717) is 0 Å². The summed E-state index contributed by atoms with van der Waals surface area (Å²) in [4.78, 5) is 0. The van der Waals surface area contributed by atoms with Crippen LogP contribution in [0.4, 0.5) is 0 Å². The van der Waals surface area contributed by atoms with Gasteiger partial charge in [0, 0.05) is 0 Å². The molecule has 0 aliphatic carbocycles. The normalized spacial score (nSPS) is 7.80. The third kappa shape index (κ3) is 2.96. The molecule has 0 aromatic carbocycles. The summed E-state index contributed by atoms with van der Waals surface area (Å²) < 4.78 is 0. The first kappa shape index (κ1) is 3.96. The molecule has 0 heterocycles. The molecule has 3 heteroatoms. The first-order chi connectivity index (χ1) is 2.41. The van der Waals surface area contributed by atoms with Gasteiger partial charge in [0.05, 0.1) is 0 Å². The van der Waals surface area contributed by atoms with Gasteiger partial charge in [-0.15, -0.1) is 0 Å². The monoisotopic (exact) mass is 70.0 g/mol. The Morgan fingerprint density at radius 1 is 2.00 bits per heavy atom. The molecular weight excluding hydrogens is 68.0 g/mol. The lowest BCUT2D eigenvalue weighted by atomic mass is 10.9. The van der Waals surface area contributed by atoms with Crippen molar-refractivity contribution in [2.45, 2.75) is 0 Å². The van der Waals surface area contributed by atoms with Crippen molar-refractivity contribution in [1.82, 2.24) is 0 Å². The summed E-state index contributed by atoms with van der Waals surface area (Å²) in [6.07, 6.45) is 0.736. The Hall–Kier alpha value is -1.04. The zero-order valence-electron chi connectivity index (χ0n) is 2.42. The first-order valence-corrected chi connectivity index (χ1v) is 0.970. The van der Waals surface area contributed by atoms with Gasteiger partial charge in [0.15, 0.2) is 0 Å². The molecule has 0 aromatic rings. The molecule has 0 aliphatic rings. The highest BCUT2D eigenvalue weighted by atomic mass is 16.4. The van der Waals surface area contributed by atoms with Crippen molar-refractivity contribution in [2.24, 2.45) is 5.16 Å². The van der Waals surface area contributed by atoms with E-state index in [0.717, 1.165) is 6.21 Å². The van der Waals surface area contributed by atoms with Crippen LogP contribution in [0.15, 0.2) is 5.16 Å². The van der Waals surface area contributed by atoms with E-state index in [1.165, 1.54) is 6.07 Å². The lowest BCUT2D eigenvalue weighted by Crippen LogP contribution is -1.55. The number of hydrogen-bond donors (Lipinski definition) is 1. The van der Waals surface area contributed by atoms with E-state index < -0.39 is 0 Å². The third-order valence-corrected chi connectivity index (χ3v) is 0.115. The molecule has 0 spiro atoms. The Bertz CT molecular complexity index is 70.2. The van der Waals surface area contributed by atoms with Gasteiger partial charge in [-0.2, -0.15) is 5.26 Å². The number of nitrogens with zero attached hydrogens (tertiary/aromatic N) is 2. The van der Waals surface area contributed by atoms with Gasteiger partial charge in [-0.05, 0) is 0 Å². The Balaban J connectivity index is 3.04. The lowest BCUT2D eigenvalue weighted by Gasteiger charge is -1.52. The van der Waals surface area contributed by atoms with Gasteiger partial charge < -0.3 is 5.21 Å². The summed E-state index contributed by atoms with van der Waals surface area (Å²) in [5.74, 6) is 0. The Morgan fingerprint density at radius 3 is 2.60 bits per heavy atom. The van der Waals surface area contributed by atoms with Gasteiger partial charge in [-0.25, -0.2) is 0 Å². The van der Waals surface area contributed by atoms with Gasteiger partial charge in [0.2, 0.25) is 0 Å². The third-order valence-electron chi connectivity index (χ3n) is 0.115. The van der Waals surface area contributed by atoms with Crippen LogP contribution in [0.5, 0.6) is 0 Å². The molecule has 0 atom stereocenters. The van der Waals surface area contributed by atoms with Crippen LogP contribution >= 0.6 is 0 Å². The van der Waals surface area contributed by atoms with Crippen molar-refractivity contribution in [3.63, 3.8) is 0 Å². The fraction of sp³-hybridized carbons (Fsp3) is 0. The molecule has 0 radical (unpaired) electrons. The summed E-state index contributed by atoms with van der Waals surface area (Å²) >= 11 is 0. The molecular formula is C2H2N2O. The largest absolute Gasteiger partial charge is 0.410 e. The van der Waals surface area contributed by atoms with E-state index in [9.17, 15) is 0 Å². The molecule has 0 aliphatic heterocycles. The van der Waals surface area contributed by atoms with Crippen LogP contribution in [0.1, 0.15) is 0 Å².